The number of piperidine rings is 1. The van der Waals surface area contributed by atoms with Crippen LogP contribution in [-0.4, -0.2) is 70.0 Å². The first-order valence-electron chi connectivity index (χ1n) is 10.6. The van der Waals surface area contributed by atoms with Crippen LogP contribution in [0.2, 0.25) is 0 Å². The van der Waals surface area contributed by atoms with Gasteiger partial charge in [-0.3, -0.25) is 4.99 Å². The number of guanidine groups is 1. The predicted octanol–water partition coefficient (Wildman–Crippen LogP) is 2.05. The standard InChI is InChI=1S/C21H32N4O3S/c1-22-20(24-13-9-21(16-24)10-14-28-17-21)23-15-18-5-7-19(8-6-18)29(26,27)25-11-3-2-4-12-25/h5-8H,2-4,9-17H2,1H3,(H,22,23). The highest BCUT2D eigenvalue weighted by molar-refractivity contribution is 7.89. The fourth-order valence-electron chi connectivity index (χ4n) is 4.63. The van der Waals surface area contributed by atoms with Gasteiger partial charge in [-0.05, 0) is 43.4 Å². The zero-order valence-corrected chi connectivity index (χ0v) is 18.1. The summed E-state index contributed by atoms with van der Waals surface area (Å²) >= 11 is 0. The first-order valence-corrected chi connectivity index (χ1v) is 12.1. The lowest BCUT2D eigenvalue weighted by atomic mass is 9.87. The Morgan fingerprint density at radius 2 is 1.90 bits per heavy atom. The number of ether oxygens (including phenoxy) is 1. The van der Waals surface area contributed by atoms with Crippen LogP contribution in [0.5, 0.6) is 0 Å². The number of hydrogen-bond acceptors (Lipinski definition) is 4. The van der Waals surface area contributed by atoms with Crippen LogP contribution in [0.25, 0.3) is 0 Å². The number of benzene rings is 1. The molecule has 1 aromatic rings. The van der Waals surface area contributed by atoms with Crippen LogP contribution in [0.1, 0.15) is 37.7 Å². The number of aliphatic imine (C=N–C) groups is 1. The third kappa shape index (κ3) is 4.44. The summed E-state index contributed by atoms with van der Waals surface area (Å²) in [4.78, 5) is 7.14. The summed E-state index contributed by atoms with van der Waals surface area (Å²) in [6.45, 7) is 5.58. The molecule has 1 unspecified atom stereocenters. The van der Waals surface area contributed by atoms with Gasteiger partial charge in [0, 0.05) is 51.8 Å². The summed E-state index contributed by atoms with van der Waals surface area (Å²) in [5.41, 5.74) is 1.34. The highest BCUT2D eigenvalue weighted by atomic mass is 32.2. The summed E-state index contributed by atoms with van der Waals surface area (Å²) in [7, 11) is -1.56. The number of hydrogen-bond donors (Lipinski definition) is 1. The van der Waals surface area contributed by atoms with Crippen molar-refractivity contribution in [3.8, 4) is 0 Å². The molecule has 0 radical (unpaired) electrons. The van der Waals surface area contributed by atoms with E-state index in [1.807, 2.05) is 19.2 Å². The van der Waals surface area contributed by atoms with Crippen LogP contribution in [0.4, 0.5) is 0 Å². The SMILES string of the molecule is CN=C(NCc1ccc(S(=O)(=O)N2CCCCC2)cc1)N1CCC2(CCOC2)C1. The summed E-state index contributed by atoms with van der Waals surface area (Å²) in [5, 5.41) is 3.43. The molecule has 3 fully saturated rings. The molecule has 160 valence electrons. The van der Waals surface area contributed by atoms with E-state index in [1.54, 1.807) is 16.4 Å². The van der Waals surface area contributed by atoms with E-state index in [2.05, 4.69) is 15.2 Å². The smallest absolute Gasteiger partial charge is 0.243 e. The van der Waals surface area contributed by atoms with Gasteiger partial charge in [0.25, 0.3) is 0 Å². The van der Waals surface area contributed by atoms with Gasteiger partial charge in [0.15, 0.2) is 5.96 Å². The number of likely N-dealkylation sites (tertiary alicyclic amines) is 1. The highest BCUT2D eigenvalue weighted by Crippen LogP contribution is 2.38. The van der Waals surface area contributed by atoms with E-state index in [0.717, 1.165) is 69.9 Å². The molecular formula is C21H32N4O3S. The lowest BCUT2D eigenvalue weighted by Crippen LogP contribution is -2.41. The summed E-state index contributed by atoms with van der Waals surface area (Å²) in [6.07, 6.45) is 5.29. The number of nitrogens with one attached hydrogen (secondary N) is 1. The Kier molecular flexibility index (Phi) is 6.13. The predicted molar refractivity (Wildman–Crippen MR) is 113 cm³/mol. The van der Waals surface area contributed by atoms with Gasteiger partial charge in [-0.2, -0.15) is 4.31 Å². The number of nitrogens with zero attached hydrogens (tertiary/aromatic N) is 3. The van der Waals surface area contributed by atoms with Crippen molar-refractivity contribution in [3.05, 3.63) is 29.8 Å². The zero-order chi connectivity index (χ0) is 20.3. The van der Waals surface area contributed by atoms with Crippen LogP contribution < -0.4 is 5.32 Å². The largest absolute Gasteiger partial charge is 0.381 e. The third-order valence-corrected chi connectivity index (χ3v) is 8.37. The van der Waals surface area contributed by atoms with Crippen LogP contribution in [-0.2, 0) is 21.3 Å². The topological polar surface area (TPSA) is 74.2 Å². The minimum atomic E-state index is -3.37. The van der Waals surface area contributed by atoms with Crippen molar-refractivity contribution in [2.24, 2.45) is 10.4 Å². The maximum atomic E-state index is 12.8. The molecule has 3 aliphatic rings. The van der Waals surface area contributed by atoms with Crippen molar-refractivity contribution < 1.29 is 13.2 Å². The van der Waals surface area contributed by atoms with Gasteiger partial charge < -0.3 is 15.0 Å². The molecule has 0 aliphatic carbocycles. The van der Waals surface area contributed by atoms with Crippen molar-refractivity contribution in [2.75, 3.05) is 46.4 Å². The molecule has 1 aromatic carbocycles. The molecule has 0 aromatic heterocycles. The molecule has 7 nitrogen and oxygen atoms in total. The van der Waals surface area contributed by atoms with Gasteiger partial charge in [-0.15, -0.1) is 0 Å². The Labute approximate surface area is 174 Å². The van der Waals surface area contributed by atoms with Crippen molar-refractivity contribution in [1.82, 2.24) is 14.5 Å². The Hall–Kier alpha value is -1.64. The second kappa shape index (κ2) is 8.62. The van der Waals surface area contributed by atoms with Crippen molar-refractivity contribution in [3.63, 3.8) is 0 Å². The first kappa shape index (κ1) is 20.6. The monoisotopic (exact) mass is 420 g/mol. The van der Waals surface area contributed by atoms with Crippen molar-refractivity contribution in [1.29, 1.82) is 0 Å². The van der Waals surface area contributed by atoms with Crippen LogP contribution >= 0.6 is 0 Å². The molecule has 3 heterocycles. The zero-order valence-electron chi connectivity index (χ0n) is 17.3. The Morgan fingerprint density at radius 1 is 1.14 bits per heavy atom. The van der Waals surface area contributed by atoms with E-state index in [0.29, 0.717) is 29.9 Å². The van der Waals surface area contributed by atoms with Crippen LogP contribution in [0, 0.1) is 5.41 Å². The van der Waals surface area contributed by atoms with Crippen molar-refractivity contribution >= 4 is 16.0 Å². The highest BCUT2D eigenvalue weighted by Gasteiger charge is 2.42. The third-order valence-electron chi connectivity index (χ3n) is 6.46. The van der Waals surface area contributed by atoms with Crippen LogP contribution in [0.3, 0.4) is 0 Å². The maximum Gasteiger partial charge on any atom is 0.243 e. The maximum absolute atomic E-state index is 12.8. The van der Waals surface area contributed by atoms with Gasteiger partial charge in [-0.1, -0.05) is 18.6 Å². The van der Waals surface area contributed by atoms with E-state index in [4.69, 9.17) is 4.74 Å². The minimum Gasteiger partial charge on any atom is -0.381 e. The Bertz CT molecular complexity index is 826. The summed E-state index contributed by atoms with van der Waals surface area (Å²) in [6, 6.07) is 7.25. The molecule has 3 saturated heterocycles. The Balaban J connectivity index is 1.35. The fraction of sp³-hybridized carbons (Fsp3) is 0.667. The summed E-state index contributed by atoms with van der Waals surface area (Å²) < 4.78 is 32.8. The molecule has 29 heavy (non-hydrogen) atoms. The second-order valence-electron chi connectivity index (χ2n) is 8.48. The molecule has 8 heteroatoms. The van der Waals surface area contributed by atoms with Crippen molar-refractivity contribution in [2.45, 2.75) is 43.5 Å². The average molecular weight is 421 g/mol. The molecule has 0 bridgehead atoms. The first-order chi connectivity index (χ1) is 14.0. The van der Waals surface area contributed by atoms with Gasteiger partial charge in [-0.25, -0.2) is 8.42 Å². The van der Waals surface area contributed by atoms with E-state index in [9.17, 15) is 8.42 Å². The molecule has 0 saturated carbocycles. The average Bonchev–Trinajstić information content (AvgIpc) is 3.39. The number of rotatable bonds is 4. The molecule has 1 N–H and O–H groups in total. The number of sulfonamides is 1. The molecule has 1 atom stereocenters. The van der Waals surface area contributed by atoms with E-state index in [-0.39, 0.29) is 0 Å². The quantitative estimate of drug-likeness (QED) is 0.596. The second-order valence-corrected chi connectivity index (χ2v) is 10.4. The van der Waals surface area contributed by atoms with E-state index < -0.39 is 10.0 Å². The fourth-order valence-corrected chi connectivity index (χ4v) is 6.15. The minimum absolute atomic E-state index is 0.294. The van der Waals surface area contributed by atoms with Crippen LogP contribution in [0.15, 0.2) is 34.2 Å². The normalized spacial score (nSPS) is 26.4. The van der Waals surface area contributed by atoms with E-state index in [1.165, 1.54) is 0 Å². The van der Waals surface area contributed by atoms with Gasteiger partial charge >= 0.3 is 0 Å². The van der Waals surface area contributed by atoms with Gasteiger partial charge in [0.2, 0.25) is 10.0 Å². The lowest BCUT2D eigenvalue weighted by Gasteiger charge is -2.26. The van der Waals surface area contributed by atoms with Gasteiger partial charge in [0.05, 0.1) is 11.5 Å². The molecule has 3 aliphatic heterocycles. The molecule has 1 spiro atoms. The Morgan fingerprint density at radius 3 is 2.55 bits per heavy atom. The van der Waals surface area contributed by atoms with E-state index >= 15 is 0 Å². The molecular weight excluding hydrogens is 388 g/mol. The molecule has 4 rings (SSSR count). The lowest BCUT2D eigenvalue weighted by molar-refractivity contribution is 0.156. The summed E-state index contributed by atoms with van der Waals surface area (Å²) in [5.74, 6) is 0.902. The molecule has 0 amide bonds. The van der Waals surface area contributed by atoms with Gasteiger partial charge in [0.1, 0.15) is 0 Å².